The van der Waals surface area contributed by atoms with Crippen molar-refractivity contribution in [2.45, 2.75) is 32.6 Å². The SMILES string of the molecule is CCOC(=O)N1CCN(C(=O)CCCCCN2C(=O)C(=Cc3ccc(Cl)cc3)SC2=S)CC1. The van der Waals surface area contributed by atoms with Crippen molar-refractivity contribution < 1.29 is 19.1 Å². The maximum absolute atomic E-state index is 12.7. The summed E-state index contributed by atoms with van der Waals surface area (Å²) in [6.45, 7) is 4.76. The predicted octanol–water partition coefficient (Wildman–Crippen LogP) is 4.40. The zero-order chi connectivity index (χ0) is 23.8. The van der Waals surface area contributed by atoms with Crippen molar-refractivity contribution in [3.63, 3.8) is 0 Å². The average molecular weight is 510 g/mol. The molecule has 0 aliphatic carbocycles. The zero-order valence-corrected chi connectivity index (χ0v) is 21.0. The zero-order valence-electron chi connectivity index (χ0n) is 18.6. The minimum absolute atomic E-state index is 0.0736. The molecule has 1 aromatic carbocycles. The topological polar surface area (TPSA) is 70.2 Å². The monoisotopic (exact) mass is 509 g/mol. The van der Waals surface area contributed by atoms with Crippen LogP contribution in [0.4, 0.5) is 4.79 Å². The van der Waals surface area contributed by atoms with E-state index < -0.39 is 0 Å². The molecule has 0 aromatic heterocycles. The van der Waals surface area contributed by atoms with Crippen LogP contribution in [0.15, 0.2) is 29.2 Å². The van der Waals surface area contributed by atoms with Gasteiger partial charge in [0.1, 0.15) is 4.32 Å². The second-order valence-corrected chi connectivity index (χ2v) is 9.87. The van der Waals surface area contributed by atoms with Gasteiger partial charge < -0.3 is 14.5 Å². The number of amides is 3. The third-order valence-corrected chi connectivity index (χ3v) is 7.10. The molecule has 0 unspecified atom stereocenters. The molecule has 0 bridgehead atoms. The standard InChI is InChI=1S/C23H28ClN3O4S2/c1-2-31-22(30)26-14-12-25(13-15-26)20(28)6-4-3-5-11-27-21(29)19(33-23(27)32)16-17-7-9-18(24)10-8-17/h7-10,16H,2-6,11-15H2,1H3. The third kappa shape index (κ3) is 7.19. The highest BCUT2D eigenvalue weighted by Gasteiger charge is 2.31. The van der Waals surface area contributed by atoms with Crippen LogP contribution in [0.1, 0.15) is 38.2 Å². The number of piperazine rings is 1. The molecule has 0 spiro atoms. The first-order chi connectivity index (χ1) is 15.9. The number of thiocarbonyl (C=S) groups is 1. The summed E-state index contributed by atoms with van der Waals surface area (Å²) < 4.78 is 5.57. The Morgan fingerprint density at radius 2 is 1.76 bits per heavy atom. The molecule has 178 valence electrons. The van der Waals surface area contributed by atoms with E-state index in [4.69, 9.17) is 28.6 Å². The van der Waals surface area contributed by atoms with Crippen molar-refractivity contribution in [3.05, 3.63) is 39.8 Å². The van der Waals surface area contributed by atoms with E-state index in [1.165, 1.54) is 11.8 Å². The Balaban J connectivity index is 1.36. The summed E-state index contributed by atoms with van der Waals surface area (Å²) in [5, 5.41) is 0.650. The van der Waals surface area contributed by atoms with Crippen LogP contribution in [0.2, 0.25) is 5.02 Å². The third-order valence-electron chi connectivity index (χ3n) is 5.47. The molecule has 0 atom stereocenters. The molecule has 10 heteroatoms. The van der Waals surface area contributed by atoms with Crippen molar-refractivity contribution in [2.24, 2.45) is 0 Å². The number of benzene rings is 1. The number of carbonyl (C=O) groups excluding carboxylic acids is 3. The summed E-state index contributed by atoms with van der Waals surface area (Å²) in [7, 11) is 0. The van der Waals surface area contributed by atoms with Gasteiger partial charge in [-0.15, -0.1) is 0 Å². The van der Waals surface area contributed by atoms with Crippen molar-refractivity contribution in [3.8, 4) is 0 Å². The number of rotatable bonds is 8. The Bertz CT molecular complexity index is 915. The fourth-order valence-corrected chi connectivity index (χ4v) is 5.07. The van der Waals surface area contributed by atoms with Gasteiger partial charge in [0.25, 0.3) is 5.91 Å². The number of unbranched alkanes of at least 4 members (excludes halogenated alkanes) is 2. The van der Waals surface area contributed by atoms with Crippen LogP contribution in [0.3, 0.4) is 0 Å². The van der Waals surface area contributed by atoms with Crippen molar-refractivity contribution in [1.29, 1.82) is 0 Å². The van der Waals surface area contributed by atoms with E-state index in [1.54, 1.807) is 33.8 Å². The first kappa shape index (κ1) is 25.5. The molecule has 2 heterocycles. The second-order valence-electron chi connectivity index (χ2n) is 7.76. The van der Waals surface area contributed by atoms with Crippen LogP contribution >= 0.6 is 35.6 Å². The minimum Gasteiger partial charge on any atom is -0.450 e. The molecule has 2 aliphatic heterocycles. The Morgan fingerprint density at radius 1 is 1.09 bits per heavy atom. The van der Waals surface area contributed by atoms with E-state index in [2.05, 4.69) is 0 Å². The lowest BCUT2D eigenvalue weighted by molar-refractivity contribution is -0.133. The van der Waals surface area contributed by atoms with Crippen LogP contribution < -0.4 is 0 Å². The molecule has 2 aliphatic rings. The molecular formula is C23H28ClN3O4S2. The number of hydrogen-bond acceptors (Lipinski definition) is 6. The van der Waals surface area contributed by atoms with Crippen LogP contribution in [-0.2, 0) is 14.3 Å². The van der Waals surface area contributed by atoms with Crippen molar-refractivity contribution in [1.82, 2.24) is 14.7 Å². The lowest BCUT2D eigenvalue weighted by Crippen LogP contribution is -2.50. The van der Waals surface area contributed by atoms with Crippen molar-refractivity contribution in [2.75, 3.05) is 39.3 Å². The summed E-state index contributed by atoms with van der Waals surface area (Å²) in [5.74, 6) is 0.0329. The van der Waals surface area contributed by atoms with Crippen LogP contribution in [0.25, 0.3) is 6.08 Å². The van der Waals surface area contributed by atoms with Gasteiger partial charge in [-0.25, -0.2) is 4.79 Å². The Hall–Kier alpha value is -2.10. The van der Waals surface area contributed by atoms with E-state index in [1.807, 2.05) is 18.2 Å². The molecule has 33 heavy (non-hydrogen) atoms. The van der Waals surface area contributed by atoms with Crippen LogP contribution in [0, 0.1) is 0 Å². The predicted molar refractivity (Wildman–Crippen MR) is 135 cm³/mol. The Labute approximate surface area is 209 Å². The lowest BCUT2D eigenvalue weighted by atomic mass is 10.1. The van der Waals surface area contributed by atoms with Gasteiger partial charge in [0.2, 0.25) is 5.91 Å². The number of halogens is 1. The molecule has 0 N–H and O–H groups in total. The van der Waals surface area contributed by atoms with E-state index in [0.29, 0.717) is 60.0 Å². The highest BCUT2D eigenvalue weighted by atomic mass is 35.5. The van der Waals surface area contributed by atoms with Gasteiger partial charge in [-0.05, 0) is 43.5 Å². The van der Waals surface area contributed by atoms with Gasteiger partial charge in [0.05, 0.1) is 11.5 Å². The van der Waals surface area contributed by atoms with Crippen LogP contribution in [-0.4, -0.2) is 76.3 Å². The number of thioether (sulfide) groups is 1. The van der Waals surface area contributed by atoms with E-state index in [9.17, 15) is 14.4 Å². The number of hydrogen-bond donors (Lipinski definition) is 0. The Morgan fingerprint density at radius 3 is 2.42 bits per heavy atom. The minimum atomic E-state index is -0.316. The van der Waals surface area contributed by atoms with Gasteiger partial charge in [0, 0.05) is 44.2 Å². The highest BCUT2D eigenvalue weighted by molar-refractivity contribution is 8.26. The largest absolute Gasteiger partial charge is 0.450 e. The first-order valence-corrected chi connectivity index (χ1v) is 12.7. The molecule has 2 saturated heterocycles. The van der Waals surface area contributed by atoms with Gasteiger partial charge >= 0.3 is 6.09 Å². The summed E-state index contributed by atoms with van der Waals surface area (Å²) >= 11 is 12.6. The maximum Gasteiger partial charge on any atom is 0.409 e. The fourth-order valence-electron chi connectivity index (χ4n) is 3.64. The van der Waals surface area contributed by atoms with E-state index >= 15 is 0 Å². The van der Waals surface area contributed by atoms with E-state index in [0.717, 1.165) is 24.8 Å². The lowest BCUT2D eigenvalue weighted by Gasteiger charge is -2.34. The number of nitrogens with zero attached hydrogens (tertiary/aromatic N) is 3. The quantitative estimate of drug-likeness (QED) is 0.294. The summed E-state index contributed by atoms with van der Waals surface area (Å²) in [6, 6.07) is 7.30. The molecule has 1 aromatic rings. The molecule has 0 saturated carbocycles. The normalized spacial score (nSPS) is 17.8. The van der Waals surface area contributed by atoms with Gasteiger partial charge in [-0.3, -0.25) is 14.5 Å². The number of ether oxygens (including phenoxy) is 1. The van der Waals surface area contributed by atoms with Crippen molar-refractivity contribution >= 4 is 63.9 Å². The van der Waals surface area contributed by atoms with Crippen LogP contribution in [0.5, 0.6) is 0 Å². The maximum atomic E-state index is 12.7. The molecule has 2 fully saturated rings. The van der Waals surface area contributed by atoms with Gasteiger partial charge in [-0.2, -0.15) is 0 Å². The van der Waals surface area contributed by atoms with E-state index in [-0.39, 0.29) is 17.9 Å². The molecule has 0 radical (unpaired) electrons. The average Bonchev–Trinajstić information content (AvgIpc) is 3.07. The highest BCUT2D eigenvalue weighted by Crippen LogP contribution is 2.33. The first-order valence-electron chi connectivity index (χ1n) is 11.1. The summed E-state index contributed by atoms with van der Waals surface area (Å²) in [6.07, 6.45) is 4.35. The summed E-state index contributed by atoms with van der Waals surface area (Å²) in [5.41, 5.74) is 0.904. The Kier molecular flexibility index (Phi) is 9.58. The molecule has 3 rings (SSSR count). The second kappa shape index (κ2) is 12.4. The molecule has 7 nitrogen and oxygen atoms in total. The fraction of sp³-hybridized carbons (Fsp3) is 0.478. The molecule has 3 amide bonds. The van der Waals surface area contributed by atoms with Gasteiger partial charge in [0.15, 0.2) is 0 Å². The molecular weight excluding hydrogens is 482 g/mol. The summed E-state index contributed by atoms with van der Waals surface area (Å²) in [4.78, 5) is 42.6. The van der Waals surface area contributed by atoms with Gasteiger partial charge in [-0.1, -0.05) is 54.1 Å². The smallest absolute Gasteiger partial charge is 0.409 e. The number of carbonyl (C=O) groups is 3.